The lowest BCUT2D eigenvalue weighted by molar-refractivity contribution is -0.137. The van der Waals surface area contributed by atoms with Crippen LogP contribution in [0.2, 0.25) is 15.1 Å². The molecule has 0 bridgehead atoms. The van der Waals surface area contributed by atoms with Crippen molar-refractivity contribution in [3.63, 3.8) is 0 Å². The largest absolute Gasteiger partial charge is 0.416 e. The van der Waals surface area contributed by atoms with Gasteiger partial charge in [-0.05, 0) is 59.2 Å². The molecular formula is C27H19Cl3F4N2. The fourth-order valence-corrected chi connectivity index (χ4v) is 4.62. The van der Waals surface area contributed by atoms with Crippen LogP contribution in [0.1, 0.15) is 27.9 Å². The lowest BCUT2D eigenvalue weighted by Crippen LogP contribution is -2.46. The van der Waals surface area contributed by atoms with Crippen LogP contribution >= 0.6 is 34.8 Å². The predicted molar refractivity (Wildman–Crippen MR) is 135 cm³/mol. The van der Waals surface area contributed by atoms with E-state index >= 15 is 0 Å². The topological polar surface area (TPSA) is 24.9 Å². The maximum Gasteiger partial charge on any atom is 0.416 e. The van der Waals surface area contributed by atoms with Gasteiger partial charge in [-0.3, -0.25) is 10.3 Å². The standard InChI is InChI=1S/C27H19Cl3F4N2/c28-21-7-6-18(24(30)13-21)15-36-26(14-17-4-2-1-3-5-17,25-9-8-22(29)16-35-25)19-10-20(27(32,33)34)12-23(31)11-19/h1-13,16,36H,14-15H2. The Kier molecular flexibility index (Phi) is 7.90. The van der Waals surface area contributed by atoms with Crippen LogP contribution < -0.4 is 5.32 Å². The second-order valence-electron chi connectivity index (χ2n) is 8.24. The van der Waals surface area contributed by atoms with Gasteiger partial charge < -0.3 is 0 Å². The van der Waals surface area contributed by atoms with Crippen molar-refractivity contribution in [2.75, 3.05) is 0 Å². The number of halogens is 7. The summed E-state index contributed by atoms with van der Waals surface area (Å²) in [5.74, 6) is -1.02. The molecule has 4 rings (SSSR count). The minimum atomic E-state index is -4.75. The van der Waals surface area contributed by atoms with Crippen molar-refractivity contribution in [2.45, 2.75) is 24.7 Å². The highest BCUT2D eigenvalue weighted by atomic mass is 35.5. The molecule has 0 amide bonds. The molecular weight excluding hydrogens is 535 g/mol. The van der Waals surface area contributed by atoms with Gasteiger partial charge in [-0.2, -0.15) is 13.2 Å². The van der Waals surface area contributed by atoms with E-state index in [1.54, 1.807) is 30.3 Å². The molecule has 0 radical (unpaired) electrons. The van der Waals surface area contributed by atoms with Gasteiger partial charge in [-0.25, -0.2) is 4.39 Å². The third-order valence-corrected chi connectivity index (χ3v) is 6.60. The van der Waals surface area contributed by atoms with Crippen LogP contribution in [0.3, 0.4) is 0 Å². The number of nitrogens with one attached hydrogen (secondary N) is 1. The van der Waals surface area contributed by atoms with E-state index in [0.29, 0.717) is 32.4 Å². The summed E-state index contributed by atoms with van der Waals surface area (Å²) in [6.07, 6.45) is -3.19. The highest BCUT2D eigenvalue weighted by Gasteiger charge is 2.39. The summed E-state index contributed by atoms with van der Waals surface area (Å²) in [6, 6.07) is 19.8. The van der Waals surface area contributed by atoms with Crippen LogP contribution in [0.15, 0.2) is 85.1 Å². The summed E-state index contributed by atoms with van der Waals surface area (Å²) in [5, 5.41) is 4.52. The van der Waals surface area contributed by atoms with Crippen molar-refractivity contribution in [3.05, 3.63) is 134 Å². The minimum Gasteiger partial charge on any atom is -0.298 e. The maximum atomic E-state index is 14.7. The molecule has 1 heterocycles. The number of aromatic nitrogens is 1. The van der Waals surface area contributed by atoms with Crippen LogP contribution in [0.4, 0.5) is 17.6 Å². The monoisotopic (exact) mass is 552 g/mol. The Balaban J connectivity index is 1.93. The van der Waals surface area contributed by atoms with E-state index in [9.17, 15) is 17.6 Å². The van der Waals surface area contributed by atoms with E-state index in [2.05, 4.69) is 10.3 Å². The van der Waals surface area contributed by atoms with E-state index in [-0.39, 0.29) is 18.5 Å². The Morgan fingerprint density at radius 2 is 1.47 bits per heavy atom. The van der Waals surface area contributed by atoms with Gasteiger partial charge in [0.05, 0.1) is 21.8 Å². The summed E-state index contributed by atoms with van der Waals surface area (Å²) in [5.41, 5.74) is -0.619. The third-order valence-electron chi connectivity index (χ3n) is 5.79. The zero-order valence-electron chi connectivity index (χ0n) is 18.6. The van der Waals surface area contributed by atoms with Crippen LogP contribution in [0.25, 0.3) is 0 Å². The molecule has 0 aliphatic rings. The number of pyridine rings is 1. The molecule has 0 saturated heterocycles. The van der Waals surface area contributed by atoms with Gasteiger partial charge in [0, 0.05) is 29.2 Å². The average Bonchev–Trinajstić information content (AvgIpc) is 2.83. The van der Waals surface area contributed by atoms with Gasteiger partial charge in [0.1, 0.15) is 5.82 Å². The summed E-state index contributed by atoms with van der Waals surface area (Å²) >= 11 is 18.5. The summed E-state index contributed by atoms with van der Waals surface area (Å²) in [7, 11) is 0. The second kappa shape index (κ2) is 10.8. The SMILES string of the molecule is Fc1cc(C(F)(F)F)cc(C(Cc2ccccc2)(NCc2ccc(Cl)cc2Cl)c2ccc(Cl)cn2)c1. The Bertz CT molecular complexity index is 1350. The number of nitrogens with zero attached hydrogens (tertiary/aromatic N) is 1. The number of hydrogen-bond acceptors (Lipinski definition) is 2. The zero-order chi connectivity index (χ0) is 25.9. The van der Waals surface area contributed by atoms with Gasteiger partial charge in [-0.1, -0.05) is 71.2 Å². The molecule has 1 aromatic heterocycles. The molecule has 9 heteroatoms. The van der Waals surface area contributed by atoms with Gasteiger partial charge in [0.15, 0.2) is 0 Å². The van der Waals surface area contributed by atoms with Crippen LogP contribution in [0.5, 0.6) is 0 Å². The van der Waals surface area contributed by atoms with Gasteiger partial charge in [-0.15, -0.1) is 0 Å². The Hall–Kier alpha value is -2.64. The van der Waals surface area contributed by atoms with Crippen LogP contribution in [-0.4, -0.2) is 4.98 Å². The van der Waals surface area contributed by atoms with Crippen LogP contribution in [0, 0.1) is 5.82 Å². The number of benzene rings is 3. The first-order chi connectivity index (χ1) is 17.1. The fourth-order valence-electron chi connectivity index (χ4n) is 4.04. The quantitative estimate of drug-likeness (QED) is 0.232. The molecule has 4 aromatic rings. The Morgan fingerprint density at radius 3 is 2.11 bits per heavy atom. The van der Waals surface area contributed by atoms with E-state index < -0.39 is 23.1 Å². The smallest absolute Gasteiger partial charge is 0.298 e. The fraction of sp³-hybridized carbons (Fsp3) is 0.148. The van der Waals surface area contributed by atoms with Gasteiger partial charge in [0.2, 0.25) is 0 Å². The first-order valence-electron chi connectivity index (χ1n) is 10.8. The molecule has 3 aromatic carbocycles. The summed E-state index contributed by atoms with van der Waals surface area (Å²) in [4.78, 5) is 4.44. The van der Waals surface area contributed by atoms with Gasteiger partial charge in [0.25, 0.3) is 0 Å². The molecule has 0 aliphatic carbocycles. The van der Waals surface area contributed by atoms with E-state index in [1.165, 1.54) is 6.20 Å². The third kappa shape index (κ3) is 6.01. The van der Waals surface area contributed by atoms with E-state index in [4.69, 9.17) is 34.8 Å². The molecule has 0 saturated carbocycles. The van der Waals surface area contributed by atoms with Crippen LogP contribution in [-0.2, 0) is 24.7 Å². The Morgan fingerprint density at radius 1 is 0.778 bits per heavy atom. The number of alkyl halides is 3. The van der Waals surface area contributed by atoms with Gasteiger partial charge >= 0.3 is 6.18 Å². The molecule has 2 nitrogen and oxygen atoms in total. The van der Waals surface area contributed by atoms with Crippen molar-refractivity contribution >= 4 is 34.8 Å². The average molecular weight is 554 g/mol. The maximum absolute atomic E-state index is 14.7. The summed E-state index contributed by atoms with van der Waals surface area (Å²) < 4.78 is 55.8. The lowest BCUT2D eigenvalue weighted by atomic mass is 9.79. The molecule has 186 valence electrons. The number of rotatable bonds is 7. The van der Waals surface area contributed by atoms with Crippen molar-refractivity contribution < 1.29 is 17.6 Å². The molecule has 36 heavy (non-hydrogen) atoms. The minimum absolute atomic E-state index is 0.0542. The first-order valence-corrected chi connectivity index (χ1v) is 11.9. The highest BCUT2D eigenvalue weighted by molar-refractivity contribution is 6.35. The molecule has 0 fully saturated rings. The molecule has 0 aliphatic heterocycles. The first kappa shape index (κ1) is 26.4. The molecule has 0 spiro atoms. The summed E-state index contributed by atoms with van der Waals surface area (Å²) in [6.45, 7) is 0.130. The Labute approximate surface area is 220 Å². The molecule has 1 atom stereocenters. The second-order valence-corrected chi connectivity index (χ2v) is 9.53. The van der Waals surface area contributed by atoms with Crippen molar-refractivity contribution in [3.8, 4) is 0 Å². The van der Waals surface area contributed by atoms with Crippen molar-refractivity contribution in [1.29, 1.82) is 0 Å². The lowest BCUT2D eigenvalue weighted by Gasteiger charge is -2.36. The van der Waals surface area contributed by atoms with Crippen molar-refractivity contribution in [2.24, 2.45) is 0 Å². The molecule has 1 unspecified atom stereocenters. The zero-order valence-corrected chi connectivity index (χ0v) is 20.9. The number of hydrogen-bond donors (Lipinski definition) is 1. The van der Waals surface area contributed by atoms with Crippen molar-refractivity contribution in [1.82, 2.24) is 10.3 Å². The predicted octanol–water partition coefficient (Wildman–Crippen LogP) is 8.48. The normalized spacial score (nSPS) is 13.4. The van der Waals surface area contributed by atoms with E-state index in [1.807, 2.05) is 30.3 Å². The highest BCUT2D eigenvalue weighted by Crippen LogP contribution is 2.38. The molecule has 1 N–H and O–H groups in total. The van der Waals surface area contributed by atoms with E-state index in [0.717, 1.165) is 17.7 Å².